The summed E-state index contributed by atoms with van der Waals surface area (Å²) < 4.78 is 9.79. The molecule has 98 valence electrons. The predicted octanol–water partition coefficient (Wildman–Crippen LogP) is 1.72. The lowest BCUT2D eigenvalue weighted by molar-refractivity contribution is 0.213. The van der Waals surface area contributed by atoms with E-state index in [1.807, 2.05) is 39.6 Å². The molecule has 3 N–H and O–H groups in total. The highest BCUT2D eigenvalue weighted by Gasteiger charge is 2.28. The second kappa shape index (κ2) is 5.10. The molecule has 0 aliphatic rings. The highest BCUT2D eigenvalue weighted by Crippen LogP contribution is 2.40. The minimum atomic E-state index is -0.381. The molecule has 1 aromatic heterocycles. The molecule has 0 unspecified atom stereocenters. The minimum absolute atomic E-state index is 0.0399. The molecular formula is C11H21N3O2S. The van der Waals surface area contributed by atoms with Gasteiger partial charge in [-0.25, -0.2) is 0 Å². The summed E-state index contributed by atoms with van der Waals surface area (Å²) in [5, 5.41) is 10.2. The predicted molar refractivity (Wildman–Crippen MR) is 71.9 cm³/mol. The average Bonchev–Trinajstić information content (AvgIpc) is 2.59. The molecule has 0 atom stereocenters. The number of aliphatic hydroxyl groups excluding tert-OH is 1. The first-order valence-electron chi connectivity index (χ1n) is 5.56. The number of aliphatic hydroxyl groups is 1. The van der Waals surface area contributed by atoms with E-state index in [1.165, 1.54) is 11.5 Å². The van der Waals surface area contributed by atoms with Crippen molar-refractivity contribution < 1.29 is 9.84 Å². The van der Waals surface area contributed by atoms with Crippen molar-refractivity contribution in [1.82, 2.24) is 4.37 Å². The zero-order valence-electron chi connectivity index (χ0n) is 11.0. The third kappa shape index (κ3) is 3.01. The molecule has 1 heterocycles. The van der Waals surface area contributed by atoms with E-state index in [0.717, 1.165) is 5.00 Å². The molecule has 0 radical (unpaired) electrons. The van der Waals surface area contributed by atoms with Gasteiger partial charge in [-0.05, 0) is 39.2 Å². The summed E-state index contributed by atoms with van der Waals surface area (Å²) in [6.45, 7) is 7.82. The van der Waals surface area contributed by atoms with Crippen molar-refractivity contribution in [1.29, 1.82) is 0 Å². The van der Waals surface area contributed by atoms with Gasteiger partial charge in [0.1, 0.15) is 0 Å². The van der Waals surface area contributed by atoms with Crippen LogP contribution in [0.1, 0.15) is 27.7 Å². The molecule has 0 saturated carbocycles. The van der Waals surface area contributed by atoms with Gasteiger partial charge in [0.05, 0.1) is 18.2 Å². The molecule has 0 fully saturated rings. The normalized spacial score (nSPS) is 11.9. The van der Waals surface area contributed by atoms with Gasteiger partial charge in [-0.2, -0.15) is 4.37 Å². The molecule has 0 aliphatic heterocycles. The van der Waals surface area contributed by atoms with Crippen LogP contribution in [0, 0.1) is 0 Å². The zero-order valence-corrected chi connectivity index (χ0v) is 11.8. The maximum Gasteiger partial charge on any atom is 0.198 e. The molecular weight excluding hydrogens is 238 g/mol. The standard InChI is InChI=1S/C11H21N3O2S/c1-7(2)16-8-9(12)13-17-10(8)14(5)11(3,4)6-15/h7,15H,6H2,1-5H3,(H2,12,13). The van der Waals surface area contributed by atoms with Crippen LogP contribution in [0.15, 0.2) is 0 Å². The lowest BCUT2D eigenvalue weighted by Gasteiger charge is -2.34. The van der Waals surface area contributed by atoms with Gasteiger partial charge in [-0.3, -0.25) is 0 Å². The zero-order chi connectivity index (χ0) is 13.2. The first-order chi connectivity index (χ1) is 7.79. The van der Waals surface area contributed by atoms with Crippen LogP contribution in [0.3, 0.4) is 0 Å². The molecule has 0 aliphatic carbocycles. The number of aromatic nitrogens is 1. The Morgan fingerprint density at radius 1 is 1.53 bits per heavy atom. The van der Waals surface area contributed by atoms with E-state index in [9.17, 15) is 5.11 Å². The van der Waals surface area contributed by atoms with Gasteiger partial charge in [0.15, 0.2) is 16.6 Å². The second-order valence-electron chi connectivity index (χ2n) is 4.90. The summed E-state index contributed by atoms with van der Waals surface area (Å²) in [4.78, 5) is 1.94. The largest absolute Gasteiger partial charge is 0.484 e. The fraction of sp³-hybridized carbons (Fsp3) is 0.727. The number of hydrogen-bond donors (Lipinski definition) is 2. The van der Waals surface area contributed by atoms with Crippen molar-refractivity contribution >= 4 is 22.4 Å². The van der Waals surface area contributed by atoms with Crippen LogP contribution in [-0.4, -0.2) is 34.8 Å². The molecule has 17 heavy (non-hydrogen) atoms. The van der Waals surface area contributed by atoms with Crippen molar-refractivity contribution in [3.8, 4) is 5.75 Å². The van der Waals surface area contributed by atoms with Crippen molar-refractivity contribution in [2.24, 2.45) is 0 Å². The molecule has 1 rings (SSSR count). The Morgan fingerprint density at radius 3 is 2.59 bits per heavy atom. The molecule has 0 amide bonds. The SMILES string of the molecule is CC(C)Oc1c(N)nsc1N(C)C(C)(C)CO. The Bertz CT molecular complexity index is 377. The van der Waals surface area contributed by atoms with Crippen molar-refractivity contribution in [2.45, 2.75) is 39.3 Å². The molecule has 0 aromatic carbocycles. The summed E-state index contributed by atoms with van der Waals surface area (Å²) in [6, 6.07) is 0. The van der Waals surface area contributed by atoms with Crippen molar-refractivity contribution in [2.75, 3.05) is 24.3 Å². The highest BCUT2D eigenvalue weighted by atomic mass is 32.1. The lowest BCUT2D eigenvalue weighted by atomic mass is 10.1. The molecule has 6 heteroatoms. The number of likely N-dealkylation sites (N-methyl/N-ethyl adjacent to an activating group) is 1. The van der Waals surface area contributed by atoms with Crippen molar-refractivity contribution in [3.63, 3.8) is 0 Å². The monoisotopic (exact) mass is 259 g/mol. The van der Waals surface area contributed by atoms with Crippen LogP contribution in [0.25, 0.3) is 0 Å². The molecule has 1 aromatic rings. The van der Waals surface area contributed by atoms with Gasteiger partial charge in [0.2, 0.25) is 0 Å². The second-order valence-corrected chi connectivity index (χ2v) is 5.65. The Balaban J connectivity index is 3.06. The Hall–Kier alpha value is -1.01. The van der Waals surface area contributed by atoms with Gasteiger partial charge < -0.3 is 20.5 Å². The topological polar surface area (TPSA) is 71.6 Å². The lowest BCUT2D eigenvalue weighted by Crippen LogP contribution is -2.44. The van der Waals surface area contributed by atoms with E-state index in [-0.39, 0.29) is 18.2 Å². The third-order valence-corrected chi connectivity index (χ3v) is 3.53. The van der Waals surface area contributed by atoms with Gasteiger partial charge in [0, 0.05) is 7.05 Å². The van der Waals surface area contributed by atoms with Crippen LogP contribution in [0.4, 0.5) is 10.8 Å². The van der Waals surface area contributed by atoms with Gasteiger partial charge in [0.25, 0.3) is 0 Å². The van der Waals surface area contributed by atoms with E-state index in [0.29, 0.717) is 11.6 Å². The number of hydrogen-bond acceptors (Lipinski definition) is 6. The van der Waals surface area contributed by atoms with Crippen LogP contribution in [0.5, 0.6) is 5.75 Å². The molecule has 0 spiro atoms. The van der Waals surface area contributed by atoms with E-state index in [1.54, 1.807) is 0 Å². The Labute approximate surface area is 106 Å². The van der Waals surface area contributed by atoms with E-state index >= 15 is 0 Å². The number of rotatable bonds is 5. The number of anilines is 2. The molecule has 5 nitrogen and oxygen atoms in total. The minimum Gasteiger partial charge on any atom is -0.484 e. The van der Waals surface area contributed by atoms with Gasteiger partial charge in [-0.1, -0.05) is 0 Å². The molecule has 0 bridgehead atoms. The number of nitrogen functional groups attached to an aromatic ring is 1. The summed E-state index contributed by atoms with van der Waals surface area (Å²) in [5.74, 6) is 1.01. The van der Waals surface area contributed by atoms with Gasteiger partial charge >= 0.3 is 0 Å². The maximum absolute atomic E-state index is 9.38. The first kappa shape index (κ1) is 14.1. The molecule has 0 saturated heterocycles. The van der Waals surface area contributed by atoms with Crippen LogP contribution in [0.2, 0.25) is 0 Å². The van der Waals surface area contributed by atoms with Crippen LogP contribution < -0.4 is 15.4 Å². The first-order valence-corrected chi connectivity index (χ1v) is 6.33. The Morgan fingerprint density at radius 2 is 2.12 bits per heavy atom. The van der Waals surface area contributed by atoms with Crippen molar-refractivity contribution in [3.05, 3.63) is 0 Å². The van der Waals surface area contributed by atoms with Gasteiger partial charge in [-0.15, -0.1) is 0 Å². The third-order valence-electron chi connectivity index (χ3n) is 2.61. The maximum atomic E-state index is 9.38. The number of nitrogens with zero attached hydrogens (tertiary/aromatic N) is 2. The smallest absolute Gasteiger partial charge is 0.198 e. The average molecular weight is 259 g/mol. The van der Waals surface area contributed by atoms with Crippen LogP contribution in [-0.2, 0) is 0 Å². The van der Waals surface area contributed by atoms with E-state index in [2.05, 4.69) is 4.37 Å². The summed E-state index contributed by atoms with van der Waals surface area (Å²) in [6.07, 6.45) is 0.0399. The summed E-state index contributed by atoms with van der Waals surface area (Å²) in [5.41, 5.74) is 5.42. The fourth-order valence-corrected chi connectivity index (χ4v) is 2.10. The fourth-order valence-electron chi connectivity index (χ4n) is 1.23. The van der Waals surface area contributed by atoms with E-state index < -0.39 is 0 Å². The Kier molecular flexibility index (Phi) is 4.21. The van der Waals surface area contributed by atoms with E-state index in [4.69, 9.17) is 10.5 Å². The van der Waals surface area contributed by atoms with Crippen LogP contribution >= 0.6 is 11.5 Å². The summed E-state index contributed by atoms with van der Waals surface area (Å²) >= 11 is 1.28. The number of nitrogens with two attached hydrogens (primary N) is 1. The highest BCUT2D eigenvalue weighted by molar-refractivity contribution is 7.11. The summed E-state index contributed by atoms with van der Waals surface area (Å²) in [7, 11) is 1.90. The quantitative estimate of drug-likeness (QED) is 0.842. The number of ether oxygens (including phenoxy) is 1.